The Hall–Kier alpha value is -2.11. The van der Waals surface area contributed by atoms with Gasteiger partial charge in [-0.05, 0) is 36.8 Å². The van der Waals surface area contributed by atoms with Crippen molar-refractivity contribution < 1.29 is 14.3 Å². The number of nitrogens with one attached hydrogen (secondary N) is 1. The van der Waals surface area contributed by atoms with Gasteiger partial charge in [-0.25, -0.2) is 0 Å². The van der Waals surface area contributed by atoms with Crippen LogP contribution in [0.1, 0.15) is 16.8 Å². The molecule has 23 heavy (non-hydrogen) atoms. The highest BCUT2D eigenvalue weighted by molar-refractivity contribution is 6.31. The number of hydrogen-bond donors (Lipinski definition) is 1. The molecular weight excluding hydrogens is 316 g/mol. The van der Waals surface area contributed by atoms with E-state index in [-0.39, 0.29) is 5.91 Å². The maximum absolute atomic E-state index is 12.3. The standard InChI is InChI=1S/C17H17ClN2O3/c18-14-1-2-16(23-11-12-5-8-22-10-12)15(9-14)20-17(21)13-3-6-19-7-4-13/h1-4,6-7,9,12H,5,8,10-11H2,(H,20,21). The number of ether oxygens (including phenoxy) is 2. The number of nitrogens with zero attached hydrogens (tertiary/aromatic N) is 1. The molecule has 1 fully saturated rings. The summed E-state index contributed by atoms with van der Waals surface area (Å²) in [6, 6.07) is 8.48. The molecule has 1 N–H and O–H groups in total. The number of amides is 1. The highest BCUT2D eigenvalue weighted by atomic mass is 35.5. The van der Waals surface area contributed by atoms with Crippen molar-refractivity contribution >= 4 is 23.2 Å². The van der Waals surface area contributed by atoms with Crippen LogP contribution in [0.4, 0.5) is 5.69 Å². The van der Waals surface area contributed by atoms with E-state index in [9.17, 15) is 4.79 Å². The second kappa shape index (κ2) is 7.44. The van der Waals surface area contributed by atoms with E-state index in [1.165, 1.54) is 0 Å². The molecule has 0 bridgehead atoms. The third kappa shape index (κ3) is 4.21. The van der Waals surface area contributed by atoms with Gasteiger partial charge in [-0.15, -0.1) is 0 Å². The van der Waals surface area contributed by atoms with Crippen LogP contribution in [0.15, 0.2) is 42.7 Å². The quantitative estimate of drug-likeness (QED) is 0.911. The second-order valence-electron chi connectivity index (χ2n) is 5.37. The summed E-state index contributed by atoms with van der Waals surface area (Å²) >= 11 is 6.04. The fourth-order valence-corrected chi connectivity index (χ4v) is 2.52. The van der Waals surface area contributed by atoms with Crippen LogP contribution in [-0.2, 0) is 4.74 Å². The lowest BCUT2D eigenvalue weighted by molar-refractivity contribution is 0.102. The van der Waals surface area contributed by atoms with E-state index < -0.39 is 0 Å². The zero-order valence-electron chi connectivity index (χ0n) is 12.5. The molecule has 1 aliphatic rings. The highest BCUT2D eigenvalue weighted by Gasteiger charge is 2.17. The summed E-state index contributed by atoms with van der Waals surface area (Å²) in [6.07, 6.45) is 4.14. The maximum atomic E-state index is 12.3. The molecule has 120 valence electrons. The Labute approximate surface area is 139 Å². The maximum Gasteiger partial charge on any atom is 0.255 e. The molecule has 0 spiro atoms. The predicted molar refractivity (Wildman–Crippen MR) is 88.1 cm³/mol. The number of hydrogen-bond acceptors (Lipinski definition) is 4. The van der Waals surface area contributed by atoms with E-state index >= 15 is 0 Å². The number of carbonyl (C=O) groups excluding carboxylic acids is 1. The number of pyridine rings is 1. The summed E-state index contributed by atoms with van der Waals surface area (Å²) in [7, 11) is 0. The molecule has 0 saturated carbocycles. The molecule has 1 aliphatic heterocycles. The first kappa shape index (κ1) is 15.8. The van der Waals surface area contributed by atoms with Crippen molar-refractivity contribution in [2.75, 3.05) is 25.1 Å². The van der Waals surface area contributed by atoms with Crippen molar-refractivity contribution in [1.82, 2.24) is 4.98 Å². The monoisotopic (exact) mass is 332 g/mol. The minimum atomic E-state index is -0.233. The molecule has 0 radical (unpaired) electrons. The summed E-state index contributed by atoms with van der Waals surface area (Å²) in [5, 5.41) is 3.37. The zero-order chi connectivity index (χ0) is 16.1. The molecule has 1 saturated heterocycles. The van der Waals surface area contributed by atoms with E-state index in [1.54, 1.807) is 42.7 Å². The predicted octanol–water partition coefficient (Wildman–Crippen LogP) is 3.40. The molecule has 1 aromatic heterocycles. The van der Waals surface area contributed by atoms with Gasteiger partial charge in [0.15, 0.2) is 0 Å². The third-order valence-corrected chi connectivity index (χ3v) is 3.87. The average Bonchev–Trinajstić information content (AvgIpc) is 3.08. The smallest absolute Gasteiger partial charge is 0.255 e. The molecular formula is C17H17ClN2O3. The van der Waals surface area contributed by atoms with Crippen LogP contribution in [0.3, 0.4) is 0 Å². The van der Waals surface area contributed by atoms with E-state index in [1.807, 2.05) is 0 Å². The lowest BCUT2D eigenvalue weighted by atomic mass is 10.1. The molecule has 1 amide bonds. The third-order valence-electron chi connectivity index (χ3n) is 3.63. The van der Waals surface area contributed by atoms with Gasteiger partial charge in [0, 0.05) is 35.5 Å². The van der Waals surface area contributed by atoms with Crippen LogP contribution in [0, 0.1) is 5.92 Å². The number of halogens is 1. The summed E-state index contributed by atoms with van der Waals surface area (Å²) in [5.74, 6) is 0.752. The van der Waals surface area contributed by atoms with E-state index in [2.05, 4.69) is 10.3 Å². The van der Waals surface area contributed by atoms with Gasteiger partial charge in [-0.1, -0.05) is 11.6 Å². The number of benzene rings is 1. The van der Waals surface area contributed by atoms with Crippen LogP contribution in [0.5, 0.6) is 5.75 Å². The molecule has 2 aromatic rings. The van der Waals surface area contributed by atoms with Gasteiger partial charge in [0.1, 0.15) is 5.75 Å². The first-order valence-electron chi connectivity index (χ1n) is 7.44. The molecule has 1 atom stereocenters. The van der Waals surface area contributed by atoms with Crippen molar-refractivity contribution in [1.29, 1.82) is 0 Å². The van der Waals surface area contributed by atoms with Gasteiger partial charge < -0.3 is 14.8 Å². The molecule has 3 rings (SSSR count). The van der Waals surface area contributed by atoms with Crippen molar-refractivity contribution in [3.8, 4) is 5.75 Å². The molecule has 6 heteroatoms. The topological polar surface area (TPSA) is 60.5 Å². The summed E-state index contributed by atoms with van der Waals surface area (Å²) < 4.78 is 11.2. The zero-order valence-corrected chi connectivity index (χ0v) is 13.3. The van der Waals surface area contributed by atoms with Crippen LogP contribution in [0.25, 0.3) is 0 Å². The van der Waals surface area contributed by atoms with Gasteiger partial charge in [0.25, 0.3) is 5.91 Å². The minimum absolute atomic E-state index is 0.233. The van der Waals surface area contributed by atoms with Gasteiger partial charge in [-0.3, -0.25) is 9.78 Å². The van der Waals surface area contributed by atoms with E-state index in [0.717, 1.165) is 13.0 Å². The highest BCUT2D eigenvalue weighted by Crippen LogP contribution is 2.29. The Bertz CT molecular complexity index is 673. The van der Waals surface area contributed by atoms with Crippen molar-refractivity contribution in [2.45, 2.75) is 6.42 Å². The first-order chi connectivity index (χ1) is 11.2. The van der Waals surface area contributed by atoms with Gasteiger partial charge >= 0.3 is 0 Å². The summed E-state index contributed by atoms with van der Waals surface area (Å²) in [4.78, 5) is 16.2. The summed E-state index contributed by atoms with van der Waals surface area (Å²) in [5.41, 5.74) is 1.08. The SMILES string of the molecule is O=C(Nc1cc(Cl)ccc1OCC1CCOC1)c1ccncc1. The minimum Gasteiger partial charge on any atom is -0.491 e. The number of carbonyl (C=O) groups is 1. The van der Waals surface area contributed by atoms with Crippen LogP contribution in [-0.4, -0.2) is 30.7 Å². The van der Waals surface area contributed by atoms with Gasteiger partial charge in [0.05, 0.1) is 18.9 Å². The van der Waals surface area contributed by atoms with Crippen LogP contribution in [0.2, 0.25) is 5.02 Å². The Kier molecular flexibility index (Phi) is 5.10. The summed E-state index contributed by atoms with van der Waals surface area (Å²) in [6.45, 7) is 2.05. The molecule has 2 heterocycles. The fraction of sp³-hybridized carbons (Fsp3) is 0.294. The van der Waals surface area contributed by atoms with Crippen LogP contribution >= 0.6 is 11.6 Å². The Morgan fingerprint density at radius 1 is 1.35 bits per heavy atom. The molecule has 5 nitrogen and oxygen atoms in total. The van der Waals surface area contributed by atoms with Crippen molar-refractivity contribution in [2.24, 2.45) is 5.92 Å². The largest absolute Gasteiger partial charge is 0.491 e. The molecule has 1 unspecified atom stereocenters. The average molecular weight is 333 g/mol. The Balaban J connectivity index is 1.72. The molecule has 1 aromatic carbocycles. The van der Waals surface area contributed by atoms with Crippen molar-refractivity contribution in [3.63, 3.8) is 0 Å². The number of rotatable bonds is 5. The van der Waals surface area contributed by atoms with Crippen LogP contribution < -0.4 is 10.1 Å². The fourth-order valence-electron chi connectivity index (χ4n) is 2.35. The lowest BCUT2D eigenvalue weighted by Crippen LogP contribution is -2.15. The Morgan fingerprint density at radius 3 is 2.91 bits per heavy atom. The van der Waals surface area contributed by atoms with E-state index in [0.29, 0.717) is 41.2 Å². The van der Waals surface area contributed by atoms with Gasteiger partial charge in [0.2, 0.25) is 0 Å². The first-order valence-corrected chi connectivity index (χ1v) is 7.81. The number of aromatic nitrogens is 1. The number of anilines is 1. The van der Waals surface area contributed by atoms with Crippen molar-refractivity contribution in [3.05, 3.63) is 53.3 Å². The van der Waals surface area contributed by atoms with E-state index in [4.69, 9.17) is 21.1 Å². The lowest BCUT2D eigenvalue weighted by Gasteiger charge is -2.15. The Morgan fingerprint density at radius 2 is 2.17 bits per heavy atom. The normalized spacial score (nSPS) is 17.0. The second-order valence-corrected chi connectivity index (χ2v) is 5.81. The van der Waals surface area contributed by atoms with Gasteiger partial charge in [-0.2, -0.15) is 0 Å². The molecule has 0 aliphatic carbocycles.